The molecule has 0 spiro atoms. The number of likely N-dealkylation sites (tertiary alicyclic amines) is 1. The summed E-state index contributed by atoms with van der Waals surface area (Å²) in [7, 11) is 0. The molecule has 1 amide bonds. The normalized spacial score (nSPS) is 15.6. The third kappa shape index (κ3) is 4.23. The molecule has 20 heavy (non-hydrogen) atoms. The van der Waals surface area contributed by atoms with E-state index < -0.39 is 0 Å². The second-order valence-corrected chi connectivity index (χ2v) is 5.02. The van der Waals surface area contributed by atoms with E-state index >= 15 is 0 Å². The first-order valence-corrected chi connectivity index (χ1v) is 7.17. The van der Waals surface area contributed by atoms with E-state index in [9.17, 15) is 4.79 Å². The van der Waals surface area contributed by atoms with Crippen LogP contribution in [0.4, 0.5) is 5.82 Å². The molecule has 0 aromatic carbocycles. The minimum absolute atomic E-state index is 0.291. The summed E-state index contributed by atoms with van der Waals surface area (Å²) in [4.78, 5) is 17.9. The molecule has 0 saturated carbocycles. The summed E-state index contributed by atoms with van der Waals surface area (Å²) >= 11 is 0. The van der Waals surface area contributed by atoms with Gasteiger partial charge in [-0.25, -0.2) is 4.98 Å². The van der Waals surface area contributed by atoms with Crippen molar-refractivity contribution in [3.05, 3.63) is 23.9 Å². The lowest BCUT2D eigenvalue weighted by Gasteiger charge is -2.20. The van der Waals surface area contributed by atoms with Crippen LogP contribution in [0.3, 0.4) is 0 Å². The van der Waals surface area contributed by atoms with E-state index in [1.165, 1.54) is 0 Å². The molecule has 0 radical (unpaired) electrons. The average Bonchev–Trinajstić information content (AvgIpc) is 2.69. The van der Waals surface area contributed by atoms with Gasteiger partial charge in [-0.2, -0.15) is 5.26 Å². The molecule has 1 fully saturated rings. The third-order valence-corrected chi connectivity index (χ3v) is 3.47. The van der Waals surface area contributed by atoms with Gasteiger partial charge in [-0.05, 0) is 31.4 Å². The van der Waals surface area contributed by atoms with Crippen molar-refractivity contribution < 1.29 is 4.79 Å². The van der Waals surface area contributed by atoms with E-state index in [0.29, 0.717) is 17.9 Å². The van der Waals surface area contributed by atoms with Gasteiger partial charge in [-0.15, -0.1) is 0 Å². The molecule has 0 atom stereocenters. The zero-order chi connectivity index (χ0) is 14.2. The first-order chi connectivity index (χ1) is 9.79. The molecule has 1 aromatic heterocycles. The number of carbonyl (C=O) groups is 1. The zero-order valence-electron chi connectivity index (χ0n) is 11.6. The fourth-order valence-electron chi connectivity index (χ4n) is 2.33. The Morgan fingerprint density at radius 2 is 2.25 bits per heavy atom. The average molecular weight is 272 g/mol. The van der Waals surface area contributed by atoms with E-state index in [0.717, 1.165) is 51.1 Å². The lowest BCUT2D eigenvalue weighted by Crippen LogP contribution is -2.32. The maximum absolute atomic E-state index is 11.8. The molecule has 0 unspecified atom stereocenters. The van der Waals surface area contributed by atoms with Gasteiger partial charge >= 0.3 is 0 Å². The lowest BCUT2D eigenvalue weighted by atomic mass is 10.2. The maximum atomic E-state index is 11.8. The van der Waals surface area contributed by atoms with Crippen LogP contribution < -0.4 is 5.32 Å². The smallest absolute Gasteiger partial charge is 0.222 e. The van der Waals surface area contributed by atoms with Crippen molar-refractivity contribution in [2.45, 2.75) is 32.1 Å². The van der Waals surface area contributed by atoms with Gasteiger partial charge in [0, 0.05) is 32.3 Å². The number of carbonyl (C=O) groups excluding carboxylic acids is 1. The highest BCUT2D eigenvalue weighted by Crippen LogP contribution is 2.11. The minimum atomic E-state index is 0.291. The number of nitriles is 1. The summed E-state index contributed by atoms with van der Waals surface area (Å²) in [6.45, 7) is 2.48. The van der Waals surface area contributed by atoms with E-state index in [1.807, 2.05) is 11.0 Å². The van der Waals surface area contributed by atoms with Crippen molar-refractivity contribution >= 4 is 11.7 Å². The first kappa shape index (κ1) is 14.3. The Labute approximate surface area is 119 Å². The largest absolute Gasteiger partial charge is 0.370 e. The third-order valence-electron chi connectivity index (χ3n) is 3.47. The summed E-state index contributed by atoms with van der Waals surface area (Å²) in [6.07, 6.45) is 6.48. The lowest BCUT2D eigenvalue weighted by molar-refractivity contribution is -0.130. The maximum Gasteiger partial charge on any atom is 0.222 e. The number of nitrogens with one attached hydrogen (secondary N) is 1. The van der Waals surface area contributed by atoms with Crippen molar-refractivity contribution in [2.75, 3.05) is 25.0 Å². The zero-order valence-corrected chi connectivity index (χ0v) is 11.6. The molecule has 5 heteroatoms. The Bertz CT molecular complexity index is 478. The van der Waals surface area contributed by atoms with Gasteiger partial charge in [0.1, 0.15) is 11.9 Å². The summed E-state index contributed by atoms with van der Waals surface area (Å²) in [5.74, 6) is 1.06. The number of pyridine rings is 1. The predicted molar refractivity (Wildman–Crippen MR) is 77.1 cm³/mol. The SMILES string of the molecule is N#Cc1ccc(NCCCN2CCCCCC2=O)nc1. The fraction of sp³-hybridized carbons (Fsp3) is 0.533. The Hall–Kier alpha value is -2.09. The van der Waals surface area contributed by atoms with Gasteiger partial charge in [0.15, 0.2) is 0 Å². The molecule has 1 aromatic rings. The number of hydrogen-bond donors (Lipinski definition) is 1. The molecule has 2 rings (SSSR count). The number of anilines is 1. The molecule has 2 heterocycles. The Balaban J connectivity index is 1.70. The van der Waals surface area contributed by atoms with Crippen molar-refractivity contribution in [2.24, 2.45) is 0 Å². The van der Waals surface area contributed by atoms with Crippen LogP contribution in [0.25, 0.3) is 0 Å². The fourth-order valence-corrected chi connectivity index (χ4v) is 2.33. The van der Waals surface area contributed by atoms with Crippen LogP contribution in [0.5, 0.6) is 0 Å². The molecule has 5 nitrogen and oxygen atoms in total. The second kappa shape index (κ2) is 7.49. The van der Waals surface area contributed by atoms with Crippen molar-refractivity contribution in [3.63, 3.8) is 0 Å². The second-order valence-electron chi connectivity index (χ2n) is 5.02. The van der Waals surface area contributed by atoms with Crippen molar-refractivity contribution in [3.8, 4) is 6.07 Å². The van der Waals surface area contributed by atoms with Gasteiger partial charge in [-0.1, -0.05) is 6.42 Å². The summed E-state index contributed by atoms with van der Waals surface area (Å²) in [5.41, 5.74) is 0.561. The summed E-state index contributed by atoms with van der Waals surface area (Å²) in [5, 5.41) is 11.9. The van der Waals surface area contributed by atoms with Gasteiger partial charge in [0.2, 0.25) is 5.91 Å². The highest BCUT2D eigenvalue weighted by atomic mass is 16.2. The van der Waals surface area contributed by atoms with Crippen LogP contribution in [0, 0.1) is 11.3 Å². The van der Waals surface area contributed by atoms with E-state index in [-0.39, 0.29) is 0 Å². The molecule has 1 aliphatic rings. The van der Waals surface area contributed by atoms with Crippen molar-refractivity contribution in [1.29, 1.82) is 5.26 Å². The number of nitrogens with zero attached hydrogens (tertiary/aromatic N) is 3. The van der Waals surface area contributed by atoms with Gasteiger partial charge in [0.05, 0.1) is 5.56 Å². The number of amides is 1. The predicted octanol–water partition coefficient (Wildman–Crippen LogP) is 2.16. The van der Waals surface area contributed by atoms with Crippen LogP contribution in [0.2, 0.25) is 0 Å². The highest BCUT2D eigenvalue weighted by Gasteiger charge is 2.15. The number of rotatable bonds is 5. The van der Waals surface area contributed by atoms with Crippen molar-refractivity contribution in [1.82, 2.24) is 9.88 Å². The van der Waals surface area contributed by atoms with Crippen LogP contribution in [0.15, 0.2) is 18.3 Å². The molecule has 1 N–H and O–H groups in total. The van der Waals surface area contributed by atoms with E-state index in [2.05, 4.69) is 10.3 Å². The molecular weight excluding hydrogens is 252 g/mol. The van der Waals surface area contributed by atoms with Gasteiger partial charge in [-0.3, -0.25) is 4.79 Å². The van der Waals surface area contributed by atoms with Crippen LogP contribution in [-0.4, -0.2) is 35.4 Å². The molecule has 106 valence electrons. The molecular formula is C15H20N4O. The van der Waals surface area contributed by atoms with Gasteiger partial charge < -0.3 is 10.2 Å². The Morgan fingerprint density at radius 1 is 1.35 bits per heavy atom. The molecule has 0 aliphatic carbocycles. The summed E-state index contributed by atoms with van der Waals surface area (Å²) < 4.78 is 0. The number of aromatic nitrogens is 1. The van der Waals surface area contributed by atoms with E-state index in [4.69, 9.17) is 5.26 Å². The van der Waals surface area contributed by atoms with Gasteiger partial charge in [0.25, 0.3) is 0 Å². The van der Waals surface area contributed by atoms with E-state index in [1.54, 1.807) is 18.3 Å². The minimum Gasteiger partial charge on any atom is -0.370 e. The highest BCUT2D eigenvalue weighted by molar-refractivity contribution is 5.76. The monoisotopic (exact) mass is 272 g/mol. The van der Waals surface area contributed by atoms with Crippen LogP contribution in [0.1, 0.15) is 37.7 Å². The number of hydrogen-bond acceptors (Lipinski definition) is 4. The van der Waals surface area contributed by atoms with Crippen LogP contribution >= 0.6 is 0 Å². The molecule has 0 bridgehead atoms. The quantitative estimate of drug-likeness (QED) is 0.834. The summed E-state index contributed by atoms with van der Waals surface area (Å²) in [6, 6.07) is 5.59. The Morgan fingerprint density at radius 3 is 3.00 bits per heavy atom. The van der Waals surface area contributed by atoms with Crippen LogP contribution in [-0.2, 0) is 4.79 Å². The Kier molecular flexibility index (Phi) is 5.36. The standard InChI is InChI=1S/C15H20N4O/c16-11-13-6-7-14(18-12-13)17-8-4-10-19-9-3-1-2-5-15(19)20/h6-7,12H,1-5,8-10H2,(H,17,18). The topological polar surface area (TPSA) is 69.0 Å². The molecule has 1 aliphatic heterocycles. The first-order valence-electron chi connectivity index (χ1n) is 7.17. The molecule has 1 saturated heterocycles.